The van der Waals surface area contributed by atoms with Gasteiger partial charge in [-0.1, -0.05) is 13.0 Å². The molecule has 0 fully saturated rings. The Hall–Kier alpha value is -0.0900. The molecular formula is C11H12ClIO. The Bertz CT molecular complexity index is 336. The van der Waals surface area contributed by atoms with Gasteiger partial charge in [0.15, 0.2) is 5.78 Å². The second-order valence-electron chi connectivity index (χ2n) is 3.12. The molecule has 0 bridgehead atoms. The lowest BCUT2D eigenvalue weighted by Crippen LogP contribution is -2.06. The molecule has 14 heavy (non-hydrogen) atoms. The first kappa shape index (κ1) is 12.0. The Kier molecular flexibility index (Phi) is 4.89. The molecule has 0 amide bonds. The zero-order valence-electron chi connectivity index (χ0n) is 8.02. The van der Waals surface area contributed by atoms with Gasteiger partial charge in [-0.2, -0.15) is 0 Å². The number of carbonyl (C=O) groups is 1. The zero-order valence-corrected chi connectivity index (χ0v) is 10.9. The quantitative estimate of drug-likeness (QED) is 0.614. The van der Waals surface area contributed by atoms with Crippen LogP contribution in [0.3, 0.4) is 0 Å². The summed E-state index contributed by atoms with van der Waals surface area (Å²) in [7, 11) is 0. The van der Waals surface area contributed by atoms with Crippen LogP contribution in [0.15, 0.2) is 18.2 Å². The van der Waals surface area contributed by atoms with Crippen molar-refractivity contribution in [3.8, 4) is 0 Å². The van der Waals surface area contributed by atoms with Crippen LogP contribution in [-0.2, 0) is 17.6 Å². The van der Waals surface area contributed by atoms with Crippen molar-refractivity contribution in [2.24, 2.45) is 0 Å². The fraction of sp³-hybridized carbons (Fsp3) is 0.364. The van der Waals surface area contributed by atoms with Crippen molar-refractivity contribution < 1.29 is 4.79 Å². The first-order valence-electron chi connectivity index (χ1n) is 4.52. The molecule has 3 heteroatoms. The van der Waals surface area contributed by atoms with Crippen LogP contribution in [0.2, 0.25) is 0 Å². The summed E-state index contributed by atoms with van der Waals surface area (Å²) in [6, 6.07) is 6.20. The predicted molar refractivity (Wildman–Crippen MR) is 68.0 cm³/mol. The maximum atomic E-state index is 11.2. The molecule has 76 valence electrons. The fourth-order valence-electron chi connectivity index (χ4n) is 1.36. The van der Waals surface area contributed by atoms with Gasteiger partial charge in [0.25, 0.3) is 0 Å². The van der Waals surface area contributed by atoms with Crippen molar-refractivity contribution in [3.05, 3.63) is 32.9 Å². The van der Waals surface area contributed by atoms with Gasteiger partial charge in [0.2, 0.25) is 0 Å². The molecule has 0 unspecified atom stereocenters. The number of Topliss-reactive ketones (excluding diaryl/α,β-unsaturated/α-hetero) is 1. The topological polar surface area (TPSA) is 17.1 Å². The van der Waals surface area contributed by atoms with Crippen molar-refractivity contribution in [1.29, 1.82) is 0 Å². The molecular weight excluding hydrogens is 310 g/mol. The molecule has 0 spiro atoms. The van der Waals surface area contributed by atoms with E-state index >= 15 is 0 Å². The number of hydrogen-bond acceptors (Lipinski definition) is 1. The van der Waals surface area contributed by atoms with Crippen LogP contribution in [0.4, 0.5) is 0 Å². The molecule has 0 aliphatic heterocycles. The third kappa shape index (κ3) is 3.24. The fourth-order valence-corrected chi connectivity index (χ4v) is 2.01. The number of benzene rings is 1. The minimum atomic E-state index is 0.0865. The SMILES string of the molecule is CCc1ccc(I)cc1CC(=O)CCl. The summed E-state index contributed by atoms with van der Waals surface area (Å²) in [5.74, 6) is 0.192. The number of carbonyl (C=O) groups excluding carboxylic acids is 1. The van der Waals surface area contributed by atoms with Gasteiger partial charge in [-0.05, 0) is 52.3 Å². The molecule has 0 aliphatic rings. The lowest BCUT2D eigenvalue weighted by atomic mass is 10.0. The number of ketones is 1. The monoisotopic (exact) mass is 322 g/mol. The van der Waals surface area contributed by atoms with E-state index in [0.717, 1.165) is 15.6 Å². The van der Waals surface area contributed by atoms with Crippen molar-refractivity contribution in [3.63, 3.8) is 0 Å². The number of alkyl halides is 1. The third-order valence-corrected chi connectivity index (χ3v) is 3.05. The summed E-state index contributed by atoms with van der Waals surface area (Å²) >= 11 is 7.74. The predicted octanol–water partition coefficient (Wildman–Crippen LogP) is 3.20. The van der Waals surface area contributed by atoms with E-state index in [4.69, 9.17) is 11.6 Å². The van der Waals surface area contributed by atoms with Crippen LogP contribution in [0.1, 0.15) is 18.1 Å². The zero-order chi connectivity index (χ0) is 10.6. The minimum Gasteiger partial charge on any atom is -0.298 e. The van der Waals surface area contributed by atoms with Crippen LogP contribution in [0.5, 0.6) is 0 Å². The number of aryl methyl sites for hydroxylation is 1. The lowest BCUT2D eigenvalue weighted by molar-refractivity contribution is -0.116. The van der Waals surface area contributed by atoms with Gasteiger partial charge in [0.05, 0.1) is 5.88 Å². The van der Waals surface area contributed by atoms with Gasteiger partial charge in [0, 0.05) is 9.99 Å². The van der Waals surface area contributed by atoms with Crippen molar-refractivity contribution in [1.82, 2.24) is 0 Å². The minimum absolute atomic E-state index is 0.0865. The Morgan fingerprint density at radius 1 is 1.43 bits per heavy atom. The van der Waals surface area contributed by atoms with E-state index in [1.54, 1.807) is 0 Å². The van der Waals surface area contributed by atoms with Crippen LogP contribution >= 0.6 is 34.2 Å². The van der Waals surface area contributed by atoms with Crippen molar-refractivity contribution >= 4 is 40.0 Å². The standard InChI is InChI=1S/C11H12ClIO/c1-2-8-3-4-10(13)5-9(8)6-11(14)7-12/h3-5H,2,6-7H2,1H3. The van der Waals surface area contributed by atoms with Gasteiger partial charge in [-0.15, -0.1) is 11.6 Å². The number of hydrogen-bond donors (Lipinski definition) is 0. The average Bonchev–Trinajstić information content (AvgIpc) is 2.18. The van der Waals surface area contributed by atoms with Crippen molar-refractivity contribution in [2.45, 2.75) is 19.8 Å². The highest BCUT2D eigenvalue weighted by Gasteiger charge is 2.06. The Balaban J connectivity index is 2.93. The lowest BCUT2D eigenvalue weighted by Gasteiger charge is -2.06. The molecule has 0 radical (unpaired) electrons. The highest BCUT2D eigenvalue weighted by Crippen LogP contribution is 2.15. The highest BCUT2D eigenvalue weighted by atomic mass is 127. The van der Waals surface area contributed by atoms with Gasteiger partial charge < -0.3 is 0 Å². The molecule has 1 nitrogen and oxygen atoms in total. The molecule has 1 rings (SSSR count). The van der Waals surface area contributed by atoms with E-state index in [9.17, 15) is 4.79 Å². The van der Waals surface area contributed by atoms with E-state index in [1.807, 2.05) is 0 Å². The van der Waals surface area contributed by atoms with E-state index in [0.29, 0.717) is 6.42 Å². The van der Waals surface area contributed by atoms with Crippen LogP contribution in [0.25, 0.3) is 0 Å². The largest absolute Gasteiger partial charge is 0.298 e. The Morgan fingerprint density at radius 3 is 2.71 bits per heavy atom. The summed E-state index contributed by atoms with van der Waals surface area (Å²) in [6.07, 6.45) is 1.42. The van der Waals surface area contributed by atoms with E-state index in [1.165, 1.54) is 5.56 Å². The summed E-state index contributed by atoms with van der Waals surface area (Å²) in [5.41, 5.74) is 2.36. The summed E-state index contributed by atoms with van der Waals surface area (Å²) in [4.78, 5) is 11.2. The maximum Gasteiger partial charge on any atom is 0.151 e. The number of rotatable bonds is 4. The third-order valence-electron chi connectivity index (χ3n) is 2.09. The molecule has 1 aromatic rings. The second-order valence-corrected chi connectivity index (χ2v) is 4.63. The van der Waals surface area contributed by atoms with Gasteiger partial charge in [0.1, 0.15) is 0 Å². The molecule has 0 atom stereocenters. The van der Waals surface area contributed by atoms with Gasteiger partial charge in [-0.3, -0.25) is 4.79 Å². The molecule has 1 aromatic carbocycles. The molecule has 0 N–H and O–H groups in total. The second kappa shape index (κ2) is 5.71. The van der Waals surface area contributed by atoms with E-state index in [-0.39, 0.29) is 11.7 Å². The first-order valence-corrected chi connectivity index (χ1v) is 6.13. The smallest absolute Gasteiger partial charge is 0.151 e. The molecule has 0 aliphatic carbocycles. The van der Waals surface area contributed by atoms with Gasteiger partial charge >= 0.3 is 0 Å². The van der Waals surface area contributed by atoms with Crippen LogP contribution < -0.4 is 0 Å². The van der Waals surface area contributed by atoms with E-state index in [2.05, 4.69) is 47.7 Å². The molecule has 0 saturated heterocycles. The molecule has 0 aromatic heterocycles. The first-order chi connectivity index (χ1) is 6.67. The molecule has 0 saturated carbocycles. The van der Waals surface area contributed by atoms with Crippen LogP contribution in [-0.4, -0.2) is 11.7 Å². The van der Waals surface area contributed by atoms with Crippen molar-refractivity contribution in [2.75, 3.05) is 5.88 Å². The summed E-state index contributed by atoms with van der Waals surface area (Å²) in [5, 5.41) is 0. The Morgan fingerprint density at radius 2 is 2.14 bits per heavy atom. The Labute approximate surface area is 103 Å². The average molecular weight is 323 g/mol. The normalized spacial score (nSPS) is 10.2. The summed E-state index contributed by atoms with van der Waals surface area (Å²) in [6.45, 7) is 2.09. The number of halogens is 2. The molecule has 0 heterocycles. The van der Waals surface area contributed by atoms with Gasteiger partial charge in [-0.25, -0.2) is 0 Å². The van der Waals surface area contributed by atoms with Crippen LogP contribution in [0, 0.1) is 3.57 Å². The summed E-state index contributed by atoms with van der Waals surface area (Å²) < 4.78 is 1.16. The highest BCUT2D eigenvalue weighted by molar-refractivity contribution is 14.1. The maximum absolute atomic E-state index is 11.2. The van der Waals surface area contributed by atoms with E-state index < -0.39 is 0 Å².